The van der Waals surface area contributed by atoms with Crippen LogP contribution in [0.5, 0.6) is 0 Å². The third kappa shape index (κ3) is 1.77. The van der Waals surface area contributed by atoms with E-state index in [-0.39, 0.29) is 0 Å². The van der Waals surface area contributed by atoms with Crippen molar-refractivity contribution in [1.29, 1.82) is 0 Å². The summed E-state index contributed by atoms with van der Waals surface area (Å²) in [5.74, 6) is 0. The van der Waals surface area contributed by atoms with Gasteiger partial charge in [-0.05, 0) is 12.1 Å². The molecule has 0 saturated heterocycles. The maximum atomic E-state index is 6.07. The van der Waals surface area contributed by atoms with Gasteiger partial charge >= 0.3 is 0 Å². The lowest BCUT2D eigenvalue weighted by molar-refractivity contribution is 1.62. The van der Waals surface area contributed by atoms with Crippen molar-refractivity contribution in [2.75, 3.05) is 0 Å². The van der Waals surface area contributed by atoms with Crippen LogP contribution in [0.4, 0.5) is 0 Å². The molecule has 0 unspecified atom stereocenters. The number of benzene rings is 2. The maximum absolute atomic E-state index is 6.07. The Morgan fingerprint density at radius 2 is 0.929 bits per heavy atom. The molecule has 0 aliphatic carbocycles. The number of hydrogen-bond donors (Lipinski definition) is 0. The molecule has 0 heterocycles. The summed E-state index contributed by atoms with van der Waals surface area (Å²) in [6, 6.07) is 15.4. The minimum absolute atomic E-state index is 0.723. The molecule has 0 N–H and O–H groups in total. The molecule has 0 saturated carbocycles. The van der Waals surface area contributed by atoms with E-state index in [0.29, 0.717) is 0 Å². The van der Waals surface area contributed by atoms with Crippen LogP contribution in [0.3, 0.4) is 0 Å². The topological polar surface area (TPSA) is 0 Å². The SMILES string of the molecule is Clc1ccccc1-c1ccccc1Cl. The summed E-state index contributed by atoms with van der Waals surface area (Å²) in [6.07, 6.45) is 0. The Labute approximate surface area is 93.1 Å². The molecule has 70 valence electrons. The lowest BCUT2D eigenvalue weighted by Gasteiger charge is -2.05. The average Bonchev–Trinajstić information content (AvgIpc) is 2.20. The van der Waals surface area contributed by atoms with Crippen molar-refractivity contribution in [1.82, 2.24) is 0 Å². The fourth-order valence-corrected chi connectivity index (χ4v) is 1.83. The summed E-state index contributed by atoms with van der Waals surface area (Å²) in [5, 5.41) is 1.45. The minimum atomic E-state index is 0.723. The second kappa shape index (κ2) is 4.04. The van der Waals surface area contributed by atoms with Crippen LogP contribution in [0.1, 0.15) is 0 Å². The number of halogens is 2. The van der Waals surface area contributed by atoms with Gasteiger partial charge in [0, 0.05) is 21.2 Å². The van der Waals surface area contributed by atoms with Gasteiger partial charge in [-0.2, -0.15) is 0 Å². The van der Waals surface area contributed by atoms with Crippen molar-refractivity contribution < 1.29 is 0 Å². The van der Waals surface area contributed by atoms with Crippen LogP contribution in [0.15, 0.2) is 48.5 Å². The molecule has 0 radical (unpaired) electrons. The van der Waals surface area contributed by atoms with Crippen LogP contribution in [-0.4, -0.2) is 0 Å². The Hall–Kier alpha value is -0.980. The monoisotopic (exact) mass is 222 g/mol. The normalized spacial score (nSPS) is 10.1. The van der Waals surface area contributed by atoms with Crippen LogP contribution < -0.4 is 0 Å². The Bertz CT molecular complexity index is 406. The smallest absolute Gasteiger partial charge is 0.0484 e. The Kier molecular flexibility index (Phi) is 2.76. The molecule has 14 heavy (non-hydrogen) atoms. The largest absolute Gasteiger partial charge is 0.0837 e. The highest BCUT2D eigenvalue weighted by molar-refractivity contribution is 6.36. The molecule has 2 rings (SSSR count). The maximum Gasteiger partial charge on any atom is 0.0484 e. The highest BCUT2D eigenvalue weighted by atomic mass is 35.5. The first-order valence-corrected chi connectivity index (χ1v) is 5.04. The number of rotatable bonds is 1. The molecule has 0 atom stereocenters. The van der Waals surface area contributed by atoms with Crippen molar-refractivity contribution >= 4 is 23.2 Å². The van der Waals surface area contributed by atoms with E-state index in [9.17, 15) is 0 Å². The first-order valence-electron chi connectivity index (χ1n) is 4.28. The molecule has 0 amide bonds. The van der Waals surface area contributed by atoms with Gasteiger partial charge in [0.15, 0.2) is 0 Å². The quantitative estimate of drug-likeness (QED) is 0.659. The molecular weight excluding hydrogens is 215 g/mol. The summed E-state index contributed by atoms with van der Waals surface area (Å²) in [6.45, 7) is 0. The molecule has 2 aromatic rings. The van der Waals surface area contributed by atoms with Crippen molar-refractivity contribution in [3.05, 3.63) is 58.6 Å². The van der Waals surface area contributed by atoms with E-state index >= 15 is 0 Å². The van der Waals surface area contributed by atoms with Crippen LogP contribution in [0, 0.1) is 0 Å². The molecule has 0 bridgehead atoms. The first-order chi connectivity index (χ1) is 6.79. The van der Waals surface area contributed by atoms with Gasteiger partial charge in [-0.3, -0.25) is 0 Å². The first kappa shape index (κ1) is 9.57. The van der Waals surface area contributed by atoms with Crippen LogP contribution >= 0.6 is 23.2 Å². The Balaban J connectivity index is 2.61. The van der Waals surface area contributed by atoms with Gasteiger partial charge in [-0.1, -0.05) is 59.6 Å². The summed E-state index contributed by atoms with van der Waals surface area (Å²) in [7, 11) is 0. The highest BCUT2D eigenvalue weighted by Gasteiger charge is 2.04. The van der Waals surface area contributed by atoms with E-state index in [4.69, 9.17) is 23.2 Å². The van der Waals surface area contributed by atoms with Gasteiger partial charge in [0.2, 0.25) is 0 Å². The van der Waals surface area contributed by atoms with Gasteiger partial charge in [0.25, 0.3) is 0 Å². The number of hydrogen-bond acceptors (Lipinski definition) is 0. The fraction of sp³-hybridized carbons (Fsp3) is 0. The molecule has 0 aromatic heterocycles. The van der Waals surface area contributed by atoms with Crippen molar-refractivity contribution in [2.45, 2.75) is 0 Å². The summed E-state index contributed by atoms with van der Waals surface area (Å²) in [4.78, 5) is 0. The second-order valence-corrected chi connectivity index (χ2v) is 3.77. The van der Waals surface area contributed by atoms with Crippen LogP contribution in [0.2, 0.25) is 10.0 Å². The average molecular weight is 223 g/mol. The van der Waals surface area contributed by atoms with E-state index in [2.05, 4.69) is 0 Å². The molecular formula is C12H8Cl2. The zero-order valence-corrected chi connectivity index (χ0v) is 8.89. The Morgan fingerprint density at radius 1 is 0.571 bits per heavy atom. The van der Waals surface area contributed by atoms with E-state index in [1.165, 1.54) is 0 Å². The van der Waals surface area contributed by atoms with E-state index in [1.54, 1.807) is 0 Å². The van der Waals surface area contributed by atoms with Crippen molar-refractivity contribution in [2.24, 2.45) is 0 Å². The fourth-order valence-electron chi connectivity index (χ4n) is 1.36. The zero-order chi connectivity index (χ0) is 9.97. The Morgan fingerprint density at radius 3 is 1.29 bits per heavy atom. The second-order valence-electron chi connectivity index (χ2n) is 2.96. The molecule has 0 nitrogen and oxygen atoms in total. The molecule has 2 aromatic carbocycles. The predicted molar refractivity (Wildman–Crippen MR) is 61.9 cm³/mol. The lowest BCUT2D eigenvalue weighted by Crippen LogP contribution is -1.79. The molecule has 2 heteroatoms. The minimum Gasteiger partial charge on any atom is -0.0837 e. The van der Waals surface area contributed by atoms with Gasteiger partial charge < -0.3 is 0 Å². The third-order valence-corrected chi connectivity index (χ3v) is 2.70. The van der Waals surface area contributed by atoms with Gasteiger partial charge in [0.1, 0.15) is 0 Å². The zero-order valence-electron chi connectivity index (χ0n) is 7.37. The van der Waals surface area contributed by atoms with Gasteiger partial charge in [-0.25, -0.2) is 0 Å². The molecule has 0 fully saturated rings. The predicted octanol–water partition coefficient (Wildman–Crippen LogP) is 4.66. The summed E-state index contributed by atoms with van der Waals surface area (Å²) in [5.41, 5.74) is 1.94. The standard InChI is InChI=1S/C12H8Cl2/c13-11-7-3-1-5-9(11)10-6-2-4-8-12(10)14/h1-8H. The van der Waals surface area contributed by atoms with Gasteiger partial charge in [-0.15, -0.1) is 0 Å². The lowest BCUT2D eigenvalue weighted by atomic mass is 10.1. The van der Waals surface area contributed by atoms with Crippen LogP contribution in [-0.2, 0) is 0 Å². The summed E-state index contributed by atoms with van der Waals surface area (Å²) >= 11 is 12.1. The molecule has 0 spiro atoms. The van der Waals surface area contributed by atoms with Crippen molar-refractivity contribution in [3.8, 4) is 11.1 Å². The molecule has 0 aliphatic rings. The van der Waals surface area contributed by atoms with E-state index < -0.39 is 0 Å². The van der Waals surface area contributed by atoms with E-state index in [1.807, 2.05) is 48.5 Å². The van der Waals surface area contributed by atoms with Crippen LogP contribution in [0.25, 0.3) is 11.1 Å². The summed E-state index contributed by atoms with van der Waals surface area (Å²) < 4.78 is 0. The van der Waals surface area contributed by atoms with E-state index in [0.717, 1.165) is 21.2 Å². The van der Waals surface area contributed by atoms with Gasteiger partial charge in [0.05, 0.1) is 0 Å². The molecule has 0 aliphatic heterocycles. The highest BCUT2D eigenvalue weighted by Crippen LogP contribution is 2.32. The third-order valence-electron chi connectivity index (χ3n) is 2.04. The van der Waals surface area contributed by atoms with Crippen molar-refractivity contribution in [3.63, 3.8) is 0 Å².